The minimum Gasteiger partial charge on any atom is -0.504 e. The van der Waals surface area contributed by atoms with Crippen LogP contribution < -0.4 is 10.1 Å². The van der Waals surface area contributed by atoms with Gasteiger partial charge in [-0.25, -0.2) is 0 Å². The molecule has 1 aromatic carbocycles. The fraction of sp³-hybridized carbons (Fsp3) is 0.375. The largest absolute Gasteiger partial charge is 0.504 e. The highest BCUT2D eigenvalue weighted by atomic mass is 32.1. The van der Waals surface area contributed by atoms with E-state index in [-0.39, 0.29) is 5.75 Å². The summed E-state index contributed by atoms with van der Waals surface area (Å²) >= 11 is 1.80. The molecule has 0 fully saturated rings. The summed E-state index contributed by atoms with van der Waals surface area (Å²) in [7, 11) is 0. The molecule has 3 nitrogen and oxygen atoms in total. The van der Waals surface area contributed by atoms with Gasteiger partial charge in [0.1, 0.15) is 0 Å². The minimum absolute atomic E-state index is 0.196. The SMILES string of the molecule is CCOc1cc(CNCc2sccc2CC)ccc1O. The van der Waals surface area contributed by atoms with Gasteiger partial charge in [-0.1, -0.05) is 13.0 Å². The van der Waals surface area contributed by atoms with Crippen LogP contribution in [-0.2, 0) is 19.5 Å². The van der Waals surface area contributed by atoms with Crippen molar-refractivity contribution in [2.75, 3.05) is 6.61 Å². The highest BCUT2D eigenvalue weighted by Gasteiger charge is 2.05. The van der Waals surface area contributed by atoms with Crippen LogP contribution in [0.5, 0.6) is 11.5 Å². The molecular weight excluding hydrogens is 270 g/mol. The first-order valence-electron chi connectivity index (χ1n) is 6.95. The molecule has 1 heterocycles. The number of hydrogen-bond donors (Lipinski definition) is 2. The number of rotatable bonds is 7. The number of aromatic hydroxyl groups is 1. The van der Waals surface area contributed by atoms with E-state index in [1.165, 1.54) is 10.4 Å². The second-order valence-electron chi connectivity index (χ2n) is 4.56. The lowest BCUT2D eigenvalue weighted by molar-refractivity contribution is 0.317. The van der Waals surface area contributed by atoms with E-state index in [9.17, 15) is 5.11 Å². The Kier molecular flexibility index (Phi) is 5.44. The zero-order valence-electron chi connectivity index (χ0n) is 12.0. The maximum atomic E-state index is 9.67. The van der Waals surface area contributed by atoms with Crippen LogP contribution in [0, 0.1) is 0 Å². The van der Waals surface area contributed by atoms with Crippen molar-refractivity contribution in [1.82, 2.24) is 5.32 Å². The molecular formula is C16H21NO2S. The molecule has 0 aliphatic carbocycles. The Morgan fingerprint density at radius 3 is 2.80 bits per heavy atom. The van der Waals surface area contributed by atoms with Crippen LogP contribution in [0.15, 0.2) is 29.6 Å². The molecule has 0 amide bonds. The van der Waals surface area contributed by atoms with Gasteiger partial charge in [0.05, 0.1) is 6.61 Å². The first-order valence-corrected chi connectivity index (χ1v) is 7.83. The average molecular weight is 291 g/mol. The summed E-state index contributed by atoms with van der Waals surface area (Å²) in [4.78, 5) is 1.40. The number of thiophene rings is 1. The summed E-state index contributed by atoms with van der Waals surface area (Å²) in [5, 5.41) is 15.2. The fourth-order valence-electron chi connectivity index (χ4n) is 2.10. The standard InChI is InChI=1S/C16H21NO2S/c1-3-13-7-8-20-16(13)11-17-10-12-5-6-14(18)15(9-12)19-4-2/h5-9,17-18H,3-4,10-11H2,1-2H3. The molecule has 0 saturated carbocycles. The van der Waals surface area contributed by atoms with Crippen LogP contribution >= 0.6 is 11.3 Å². The molecule has 4 heteroatoms. The third-order valence-corrected chi connectivity index (χ3v) is 4.12. The van der Waals surface area contributed by atoms with Crippen molar-refractivity contribution < 1.29 is 9.84 Å². The fourth-order valence-corrected chi connectivity index (χ4v) is 3.04. The van der Waals surface area contributed by atoms with Gasteiger partial charge in [0.2, 0.25) is 0 Å². The van der Waals surface area contributed by atoms with Gasteiger partial charge in [0, 0.05) is 18.0 Å². The van der Waals surface area contributed by atoms with Gasteiger partial charge in [-0.3, -0.25) is 0 Å². The van der Waals surface area contributed by atoms with E-state index in [0.29, 0.717) is 12.4 Å². The molecule has 1 aromatic heterocycles. The zero-order chi connectivity index (χ0) is 14.4. The molecule has 0 aliphatic rings. The van der Waals surface area contributed by atoms with Crippen molar-refractivity contribution in [3.05, 3.63) is 45.6 Å². The summed E-state index contributed by atoms with van der Waals surface area (Å²) in [6.45, 7) is 6.29. The van der Waals surface area contributed by atoms with E-state index in [1.807, 2.05) is 19.1 Å². The topological polar surface area (TPSA) is 41.5 Å². The third kappa shape index (κ3) is 3.74. The van der Waals surface area contributed by atoms with Crippen molar-refractivity contribution in [3.8, 4) is 11.5 Å². The number of phenolic OH excluding ortho intramolecular Hbond substituents is 1. The maximum Gasteiger partial charge on any atom is 0.161 e. The summed E-state index contributed by atoms with van der Waals surface area (Å²) in [6, 6.07) is 7.68. The van der Waals surface area contributed by atoms with Crippen molar-refractivity contribution in [2.24, 2.45) is 0 Å². The summed E-state index contributed by atoms with van der Waals surface area (Å²) in [5.41, 5.74) is 2.53. The molecule has 0 unspecified atom stereocenters. The van der Waals surface area contributed by atoms with Crippen molar-refractivity contribution in [2.45, 2.75) is 33.4 Å². The lowest BCUT2D eigenvalue weighted by atomic mass is 10.2. The van der Waals surface area contributed by atoms with Gasteiger partial charge in [-0.2, -0.15) is 0 Å². The Balaban J connectivity index is 1.92. The second-order valence-corrected chi connectivity index (χ2v) is 5.56. The van der Waals surface area contributed by atoms with Crippen LogP contribution in [0.1, 0.15) is 29.9 Å². The highest BCUT2D eigenvalue weighted by molar-refractivity contribution is 7.10. The molecule has 0 aliphatic heterocycles. The molecule has 0 radical (unpaired) electrons. The van der Waals surface area contributed by atoms with Gasteiger partial charge in [0.15, 0.2) is 11.5 Å². The van der Waals surface area contributed by atoms with Gasteiger partial charge in [-0.05, 0) is 48.1 Å². The van der Waals surface area contributed by atoms with Crippen LogP contribution in [0.4, 0.5) is 0 Å². The second kappa shape index (κ2) is 7.31. The predicted molar refractivity (Wildman–Crippen MR) is 83.5 cm³/mol. The monoisotopic (exact) mass is 291 g/mol. The number of aryl methyl sites for hydroxylation is 1. The van der Waals surface area contributed by atoms with E-state index >= 15 is 0 Å². The number of phenols is 1. The molecule has 0 saturated heterocycles. The Hall–Kier alpha value is -1.52. The van der Waals surface area contributed by atoms with Gasteiger partial charge < -0.3 is 15.2 Å². The molecule has 0 atom stereocenters. The predicted octanol–water partition coefficient (Wildman–Crippen LogP) is 3.70. The smallest absolute Gasteiger partial charge is 0.161 e. The molecule has 0 spiro atoms. The molecule has 2 rings (SSSR count). The first-order chi connectivity index (χ1) is 9.74. The Bertz CT molecular complexity index is 551. The van der Waals surface area contributed by atoms with Gasteiger partial charge in [-0.15, -0.1) is 11.3 Å². The molecule has 2 aromatic rings. The van der Waals surface area contributed by atoms with E-state index in [1.54, 1.807) is 17.4 Å². The Morgan fingerprint density at radius 2 is 2.05 bits per heavy atom. The van der Waals surface area contributed by atoms with Crippen molar-refractivity contribution >= 4 is 11.3 Å². The van der Waals surface area contributed by atoms with Crippen molar-refractivity contribution in [3.63, 3.8) is 0 Å². The van der Waals surface area contributed by atoms with Crippen LogP contribution in [0.25, 0.3) is 0 Å². The van der Waals surface area contributed by atoms with Crippen LogP contribution in [-0.4, -0.2) is 11.7 Å². The lowest BCUT2D eigenvalue weighted by Gasteiger charge is -2.09. The van der Waals surface area contributed by atoms with Gasteiger partial charge >= 0.3 is 0 Å². The first kappa shape index (κ1) is 14.9. The van der Waals surface area contributed by atoms with E-state index in [0.717, 1.165) is 25.1 Å². The molecule has 108 valence electrons. The Morgan fingerprint density at radius 1 is 1.20 bits per heavy atom. The normalized spacial score (nSPS) is 10.7. The molecule has 2 N–H and O–H groups in total. The number of benzene rings is 1. The lowest BCUT2D eigenvalue weighted by Crippen LogP contribution is -2.12. The number of ether oxygens (including phenoxy) is 1. The quantitative estimate of drug-likeness (QED) is 0.817. The summed E-state index contributed by atoms with van der Waals surface area (Å²) in [5.74, 6) is 0.749. The van der Waals surface area contributed by atoms with E-state index < -0.39 is 0 Å². The Labute approximate surface area is 124 Å². The number of nitrogens with one attached hydrogen (secondary N) is 1. The average Bonchev–Trinajstić information content (AvgIpc) is 2.90. The molecule has 20 heavy (non-hydrogen) atoms. The third-order valence-electron chi connectivity index (χ3n) is 3.16. The van der Waals surface area contributed by atoms with Crippen LogP contribution in [0.2, 0.25) is 0 Å². The highest BCUT2D eigenvalue weighted by Crippen LogP contribution is 2.26. The van der Waals surface area contributed by atoms with E-state index in [2.05, 4.69) is 23.7 Å². The minimum atomic E-state index is 0.196. The molecule has 0 bridgehead atoms. The maximum absolute atomic E-state index is 9.67. The van der Waals surface area contributed by atoms with Gasteiger partial charge in [0.25, 0.3) is 0 Å². The summed E-state index contributed by atoms with van der Waals surface area (Å²) in [6.07, 6.45) is 1.08. The van der Waals surface area contributed by atoms with Crippen LogP contribution in [0.3, 0.4) is 0 Å². The summed E-state index contributed by atoms with van der Waals surface area (Å²) < 4.78 is 5.39. The van der Waals surface area contributed by atoms with E-state index in [4.69, 9.17) is 4.74 Å². The number of hydrogen-bond acceptors (Lipinski definition) is 4. The zero-order valence-corrected chi connectivity index (χ0v) is 12.8. The van der Waals surface area contributed by atoms with Crippen molar-refractivity contribution in [1.29, 1.82) is 0 Å².